The quantitative estimate of drug-likeness (QED) is 0.178. The van der Waals surface area contributed by atoms with Gasteiger partial charge in [0.1, 0.15) is 5.58 Å². The molecule has 0 fully saturated rings. The second-order valence-electron chi connectivity index (χ2n) is 17.3. The molecule has 0 saturated heterocycles. The molecule has 0 saturated carbocycles. The highest BCUT2D eigenvalue weighted by atomic mass is 16.3. The average molecular weight is 744 g/mol. The molecule has 58 heavy (non-hydrogen) atoms. The van der Waals surface area contributed by atoms with Crippen LogP contribution in [-0.2, 0) is 10.8 Å². The van der Waals surface area contributed by atoms with Gasteiger partial charge < -0.3 is 9.32 Å². The predicted molar refractivity (Wildman–Crippen MR) is 244 cm³/mol. The molecule has 0 aliphatic heterocycles. The Kier molecular flexibility index (Phi) is 6.78. The van der Waals surface area contributed by atoms with Crippen LogP contribution in [0.4, 0.5) is 17.1 Å². The molecule has 10 aromatic rings. The molecule has 0 amide bonds. The summed E-state index contributed by atoms with van der Waals surface area (Å²) in [5, 5.41) is 7.30. The Morgan fingerprint density at radius 3 is 1.81 bits per heavy atom. The molecule has 0 atom stereocenters. The molecule has 2 aliphatic carbocycles. The van der Waals surface area contributed by atoms with Crippen molar-refractivity contribution < 1.29 is 4.42 Å². The third-order valence-corrected chi connectivity index (χ3v) is 13.4. The van der Waals surface area contributed by atoms with E-state index in [0.29, 0.717) is 0 Å². The van der Waals surface area contributed by atoms with E-state index in [0.717, 1.165) is 39.0 Å². The first-order chi connectivity index (χ1) is 28.3. The van der Waals surface area contributed by atoms with Crippen LogP contribution < -0.4 is 4.90 Å². The highest BCUT2D eigenvalue weighted by Gasteiger charge is 2.43. The molecule has 0 bridgehead atoms. The molecule has 12 rings (SSSR count). The van der Waals surface area contributed by atoms with Gasteiger partial charge >= 0.3 is 0 Å². The van der Waals surface area contributed by atoms with Crippen LogP contribution in [0.25, 0.3) is 76.9 Å². The van der Waals surface area contributed by atoms with E-state index < -0.39 is 0 Å². The number of rotatable bonds is 4. The summed E-state index contributed by atoms with van der Waals surface area (Å²) in [5.41, 5.74) is 18.0. The van der Waals surface area contributed by atoms with Crippen molar-refractivity contribution >= 4 is 60.5 Å². The normalized spacial score (nSPS) is 14.5. The Morgan fingerprint density at radius 2 is 0.983 bits per heavy atom. The SMILES string of the molecule is CC1(C)c2cc3c(cc2-c2cc4ccccc4cc21)C(C)(C)c1cc(N(c2cccc(-c4ccccc4)c2)c2cccc4c2oc2ccccc24)c2ccccc2c1-3. The number of furan rings is 1. The predicted octanol–water partition coefficient (Wildman–Crippen LogP) is 15.6. The van der Waals surface area contributed by atoms with E-state index in [-0.39, 0.29) is 10.8 Å². The Morgan fingerprint density at radius 1 is 0.397 bits per heavy atom. The van der Waals surface area contributed by atoms with Crippen LogP contribution in [0.2, 0.25) is 0 Å². The molecule has 0 radical (unpaired) electrons. The van der Waals surface area contributed by atoms with E-state index in [4.69, 9.17) is 4.42 Å². The average Bonchev–Trinajstić information content (AvgIpc) is 3.82. The zero-order chi connectivity index (χ0) is 38.9. The minimum Gasteiger partial charge on any atom is -0.454 e. The maximum atomic E-state index is 6.80. The molecule has 0 unspecified atom stereocenters. The van der Waals surface area contributed by atoms with E-state index in [2.05, 4.69) is 209 Å². The van der Waals surface area contributed by atoms with Gasteiger partial charge in [-0.1, -0.05) is 149 Å². The Labute approximate surface area is 338 Å². The number of hydrogen-bond donors (Lipinski definition) is 0. The topological polar surface area (TPSA) is 16.4 Å². The summed E-state index contributed by atoms with van der Waals surface area (Å²) in [6.07, 6.45) is 0. The molecule has 276 valence electrons. The number of fused-ring (bicyclic) bond motifs is 12. The fraction of sp³-hybridized carbons (Fsp3) is 0.107. The van der Waals surface area contributed by atoms with E-state index in [1.54, 1.807) is 0 Å². The molecule has 1 heterocycles. The first kappa shape index (κ1) is 33.3. The summed E-state index contributed by atoms with van der Waals surface area (Å²) in [6.45, 7) is 9.65. The molecule has 1 aromatic heterocycles. The number of benzene rings is 9. The van der Waals surface area contributed by atoms with Crippen molar-refractivity contribution in [2.75, 3.05) is 4.90 Å². The monoisotopic (exact) mass is 743 g/mol. The van der Waals surface area contributed by atoms with Crippen LogP contribution in [0.3, 0.4) is 0 Å². The van der Waals surface area contributed by atoms with Crippen molar-refractivity contribution in [3.05, 3.63) is 198 Å². The summed E-state index contributed by atoms with van der Waals surface area (Å²) in [4.78, 5) is 2.45. The van der Waals surface area contributed by atoms with E-state index >= 15 is 0 Å². The van der Waals surface area contributed by atoms with E-state index in [9.17, 15) is 0 Å². The van der Waals surface area contributed by atoms with Crippen LogP contribution in [0.5, 0.6) is 0 Å². The zero-order valence-electron chi connectivity index (χ0n) is 33.1. The van der Waals surface area contributed by atoms with E-state index in [1.807, 2.05) is 0 Å². The molecule has 0 spiro atoms. The van der Waals surface area contributed by atoms with Crippen molar-refractivity contribution in [1.82, 2.24) is 0 Å². The van der Waals surface area contributed by atoms with Gasteiger partial charge in [0.2, 0.25) is 0 Å². The van der Waals surface area contributed by atoms with Crippen LogP contribution in [0.15, 0.2) is 180 Å². The lowest BCUT2D eigenvalue weighted by Gasteiger charge is -2.30. The minimum absolute atomic E-state index is 0.127. The van der Waals surface area contributed by atoms with Crippen molar-refractivity contribution in [2.45, 2.75) is 38.5 Å². The molecule has 2 heteroatoms. The lowest BCUT2D eigenvalue weighted by atomic mass is 9.79. The molecular formula is C56H41NO. The summed E-state index contributed by atoms with van der Waals surface area (Å²) >= 11 is 0. The van der Waals surface area contributed by atoms with Crippen molar-refractivity contribution in [2.24, 2.45) is 0 Å². The van der Waals surface area contributed by atoms with Gasteiger partial charge in [0.15, 0.2) is 5.58 Å². The van der Waals surface area contributed by atoms with Crippen LogP contribution >= 0.6 is 0 Å². The minimum atomic E-state index is -0.259. The smallest absolute Gasteiger partial charge is 0.159 e. The maximum absolute atomic E-state index is 6.80. The Balaban J connectivity index is 1.13. The largest absolute Gasteiger partial charge is 0.454 e. The Hall–Kier alpha value is -6.90. The number of para-hydroxylation sites is 2. The first-order valence-electron chi connectivity index (χ1n) is 20.4. The second-order valence-corrected chi connectivity index (χ2v) is 17.3. The first-order valence-corrected chi connectivity index (χ1v) is 20.4. The third-order valence-electron chi connectivity index (χ3n) is 13.4. The van der Waals surface area contributed by atoms with Gasteiger partial charge in [-0.15, -0.1) is 0 Å². The summed E-state index contributed by atoms with van der Waals surface area (Å²) in [7, 11) is 0. The van der Waals surface area contributed by atoms with Gasteiger partial charge in [-0.25, -0.2) is 0 Å². The molecule has 0 N–H and O–H groups in total. The molecular weight excluding hydrogens is 703 g/mol. The highest BCUT2D eigenvalue weighted by molar-refractivity contribution is 6.14. The van der Waals surface area contributed by atoms with Gasteiger partial charge in [0.25, 0.3) is 0 Å². The Bertz CT molecular complexity index is 3350. The third kappa shape index (κ3) is 4.54. The standard InChI is InChI=1S/C56H41NO/c1-55(2)46-30-37-19-9-8-18-36(37)29-43(46)44-31-48-45(32-47(44)55)53-41-24-11-10-22-39(41)51(33-49(53)56(48,3)4)57(38-21-14-20-35(28-38)34-16-6-5-7-17-34)50-26-15-25-42-40-23-12-13-27-52(40)58-54(42)50/h5-33H,1-4H3. The fourth-order valence-corrected chi connectivity index (χ4v) is 10.4. The summed E-state index contributed by atoms with van der Waals surface area (Å²) in [5.74, 6) is 0. The van der Waals surface area contributed by atoms with Crippen molar-refractivity contribution in [1.29, 1.82) is 0 Å². The molecule has 2 aliphatic rings. The van der Waals surface area contributed by atoms with Crippen LogP contribution in [0, 0.1) is 0 Å². The van der Waals surface area contributed by atoms with Crippen molar-refractivity contribution in [3.63, 3.8) is 0 Å². The van der Waals surface area contributed by atoms with Gasteiger partial charge in [0, 0.05) is 32.7 Å². The number of anilines is 3. The lowest BCUT2D eigenvalue weighted by Crippen LogP contribution is -2.18. The summed E-state index contributed by atoms with van der Waals surface area (Å²) in [6, 6.07) is 64.8. The van der Waals surface area contributed by atoms with Gasteiger partial charge in [0.05, 0.1) is 11.4 Å². The molecule has 9 aromatic carbocycles. The second kappa shape index (κ2) is 11.8. The molecule has 2 nitrogen and oxygen atoms in total. The van der Waals surface area contributed by atoms with Gasteiger partial charge in [-0.2, -0.15) is 0 Å². The number of hydrogen-bond acceptors (Lipinski definition) is 2. The van der Waals surface area contributed by atoms with Crippen LogP contribution in [0.1, 0.15) is 49.9 Å². The van der Waals surface area contributed by atoms with Crippen LogP contribution in [-0.4, -0.2) is 0 Å². The fourth-order valence-electron chi connectivity index (χ4n) is 10.4. The summed E-state index contributed by atoms with van der Waals surface area (Å²) < 4.78 is 6.80. The number of nitrogens with zero attached hydrogens (tertiary/aromatic N) is 1. The maximum Gasteiger partial charge on any atom is 0.159 e. The van der Waals surface area contributed by atoms with Gasteiger partial charge in [-0.05, 0) is 126 Å². The highest BCUT2D eigenvalue weighted by Crippen LogP contribution is 2.59. The van der Waals surface area contributed by atoms with E-state index in [1.165, 1.54) is 77.2 Å². The zero-order valence-corrected chi connectivity index (χ0v) is 33.1. The van der Waals surface area contributed by atoms with Crippen molar-refractivity contribution in [3.8, 4) is 33.4 Å². The van der Waals surface area contributed by atoms with Gasteiger partial charge in [-0.3, -0.25) is 0 Å². The lowest BCUT2D eigenvalue weighted by molar-refractivity contribution is 0.652.